The number of nitrogens with one attached hydrogen (secondary N) is 1. The van der Waals surface area contributed by atoms with E-state index in [1.807, 2.05) is 14.0 Å². The number of rotatable bonds is 8. The number of methoxy groups -OCH3 is 2. The van der Waals surface area contributed by atoms with E-state index in [0.29, 0.717) is 13.2 Å². The number of hydrogen-bond donors (Lipinski definition) is 1. The molecule has 1 heterocycles. The van der Waals surface area contributed by atoms with Crippen molar-refractivity contribution in [2.75, 3.05) is 51.2 Å². The molecule has 1 aromatic rings. The van der Waals surface area contributed by atoms with Crippen molar-refractivity contribution in [2.45, 2.75) is 19.9 Å². The van der Waals surface area contributed by atoms with Crippen LogP contribution >= 0.6 is 0 Å². The third-order valence-electron chi connectivity index (χ3n) is 3.04. The molecule has 1 N–H and O–H groups in total. The SMILES string of the molecule is CNc1ncnc(N(CCOC)C(C)COC)c1C. The first-order valence-corrected chi connectivity index (χ1v) is 6.39. The molecule has 1 rings (SSSR count). The average molecular weight is 268 g/mol. The van der Waals surface area contributed by atoms with Gasteiger partial charge in [-0.3, -0.25) is 0 Å². The Balaban J connectivity index is 3.02. The molecule has 108 valence electrons. The van der Waals surface area contributed by atoms with Crippen molar-refractivity contribution < 1.29 is 9.47 Å². The topological polar surface area (TPSA) is 59.5 Å². The Labute approximate surface area is 115 Å². The smallest absolute Gasteiger partial charge is 0.137 e. The van der Waals surface area contributed by atoms with Crippen LogP contribution in [0, 0.1) is 6.92 Å². The van der Waals surface area contributed by atoms with Gasteiger partial charge in [0.1, 0.15) is 18.0 Å². The summed E-state index contributed by atoms with van der Waals surface area (Å²) < 4.78 is 10.4. The zero-order valence-corrected chi connectivity index (χ0v) is 12.4. The monoisotopic (exact) mass is 268 g/mol. The van der Waals surface area contributed by atoms with E-state index in [0.717, 1.165) is 23.7 Å². The highest BCUT2D eigenvalue weighted by molar-refractivity contribution is 5.58. The van der Waals surface area contributed by atoms with Gasteiger partial charge in [-0.15, -0.1) is 0 Å². The minimum absolute atomic E-state index is 0.221. The first-order valence-electron chi connectivity index (χ1n) is 6.39. The Kier molecular flexibility index (Phi) is 6.52. The van der Waals surface area contributed by atoms with Gasteiger partial charge < -0.3 is 19.7 Å². The summed E-state index contributed by atoms with van der Waals surface area (Å²) >= 11 is 0. The largest absolute Gasteiger partial charge is 0.383 e. The molecule has 6 nitrogen and oxygen atoms in total. The van der Waals surface area contributed by atoms with E-state index in [4.69, 9.17) is 9.47 Å². The van der Waals surface area contributed by atoms with E-state index in [9.17, 15) is 0 Å². The van der Waals surface area contributed by atoms with Crippen LogP contribution in [0.15, 0.2) is 6.33 Å². The van der Waals surface area contributed by atoms with E-state index < -0.39 is 0 Å². The van der Waals surface area contributed by atoms with E-state index >= 15 is 0 Å². The lowest BCUT2D eigenvalue weighted by atomic mass is 10.2. The molecule has 0 fully saturated rings. The second-order valence-corrected chi connectivity index (χ2v) is 4.41. The molecule has 0 aliphatic rings. The molecular formula is C13H24N4O2. The number of aromatic nitrogens is 2. The van der Waals surface area contributed by atoms with Crippen LogP contribution in [0.1, 0.15) is 12.5 Å². The van der Waals surface area contributed by atoms with Crippen molar-refractivity contribution in [1.82, 2.24) is 9.97 Å². The molecule has 0 radical (unpaired) electrons. The Bertz CT molecular complexity index is 387. The quantitative estimate of drug-likeness (QED) is 0.767. The molecule has 0 saturated heterocycles. The van der Waals surface area contributed by atoms with Crippen molar-refractivity contribution >= 4 is 11.6 Å². The Morgan fingerprint density at radius 2 is 2.05 bits per heavy atom. The lowest BCUT2D eigenvalue weighted by molar-refractivity contribution is 0.170. The summed E-state index contributed by atoms with van der Waals surface area (Å²) in [6.07, 6.45) is 1.58. The molecule has 0 spiro atoms. The first-order chi connectivity index (χ1) is 9.15. The van der Waals surface area contributed by atoms with E-state index in [1.165, 1.54) is 0 Å². The Morgan fingerprint density at radius 1 is 1.32 bits per heavy atom. The summed E-state index contributed by atoms with van der Waals surface area (Å²) in [5.41, 5.74) is 1.03. The first kappa shape index (κ1) is 15.7. The summed E-state index contributed by atoms with van der Waals surface area (Å²) in [7, 11) is 5.26. The van der Waals surface area contributed by atoms with Crippen LogP contribution in [0.2, 0.25) is 0 Å². The van der Waals surface area contributed by atoms with Crippen LogP contribution in [0.25, 0.3) is 0 Å². The van der Waals surface area contributed by atoms with Crippen molar-refractivity contribution in [3.05, 3.63) is 11.9 Å². The van der Waals surface area contributed by atoms with Crippen LogP contribution in [-0.2, 0) is 9.47 Å². The van der Waals surface area contributed by atoms with Gasteiger partial charge in [0.15, 0.2) is 0 Å². The maximum absolute atomic E-state index is 5.24. The Hall–Kier alpha value is -1.40. The van der Waals surface area contributed by atoms with Crippen molar-refractivity contribution in [3.63, 3.8) is 0 Å². The molecule has 0 aliphatic carbocycles. The maximum Gasteiger partial charge on any atom is 0.137 e. The molecule has 1 atom stereocenters. The van der Waals surface area contributed by atoms with Gasteiger partial charge in [0.2, 0.25) is 0 Å². The Morgan fingerprint density at radius 3 is 2.63 bits per heavy atom. The minimum atomic E-state index is 0.221. The molecule has 6 heteroatoms. The highest BCUT2D eigenvalue weighted by Crippen LogP contribution is 2.23. The fourth-order valence-corrected chi connectivity index (χ4v) is 2.04. The third kappa shape index (κ3) is 4.04. The van der Waals surface area contributed by atoms with Crippen LogP contribution < -0.4 is 10.2 Å². The average Bonchev–Trinajstić information content (AvgIpc) is 2.41. The molecule has 0 amide bonds. The predicted molar refractivity (Wildman–Crippen MR) is 76.9 cm³/mol. The van der Waals surface area contributed by atoms with Gasteiger partial charge in [-0.25, -0.2) is 9.97 Å². The van der Waals surface area contributed by atoms with Gasteiger partial charge in [-0.2, -0.15) is 0 Å². The highest BCUT2D eigenvalue weighted by Gasteiger charge is 2.19. The van der Waals surface area contributed by atoms with Gasteiger partial charge >= 0.3 is 0 Å². The lowest BCUT2D eigenvalue weighted by Crippen LogP contribution is -2.39. The fraction of sp³-hybridized carbons (Fsp3) is 0.692. The fourth-order valence-electron chi connectivity index (χ4n) is 2.04. The number of hydrogen-bond acceptors (Lipinski definition) is 6. The van der Waals surface area contributed by atoms with Gasteiger partial charge in [-0.05, 0) is 13.8 Å². The minimum Gasteiger partial charge on any atom is -0.383 e. The van der Waals surface area contributed by atoms with Gasteiger partial charge in [0.05, 0.1) is 19.3 Å². The lowest BCUT2D eigenvalue weighted by Gasteiger charge is -2.31. The molecule has 1 unspecified atom stereocenters. The summed E-state index contributed by atoms with van der Waals surface area (Å²) in [5, 5.41) is 3.08. The normalized spacial score (nSPS) is 12.3. The van der Waals surface area contributed by atoms with Gasteiger partial charge in [-0.1, -0.05) is 0 Å². The maximum atomic E-state index is 5.24. The third-order valence-corrected chi connectivity index (χ3v) is 3.04. The summed E-state index contributed by atoms with van der Waals surface area (Å²) in [6, 6.07) is 0.221. The number of anilines is 2. The van der Waals surface area contributed by atoms with E-state index in [-0.39, 0.29) is 6.04 Å². The van der Waals surface area contributed by atoms with Crippen molar-refractivity contribution in [3.8, 4) is 0 Å². The van der Waals surface area contributed by atoms with E-state index in [1.54, 1.807) is 20.5 Å². The molecule has 0 saturated carbocycles. The zero-order valence-electron chi connectivity index (χ0n) is 12.4. The van der Waals surface area contributed by atoms with Crippen LogP contribution in [-0.4, -0.2) is 57.0 Å². The second kappa shape index (κ2) is 7.91. The van der Waals surface area contributed by atoms with Gasteiger partial charge in [0, 0.05) is 33.4 Å². The number of nitrogens with zero attached hydrogens (tertiary/aromatic N) is 3. The predicted octanol–water partition coefficient (Wildman–Crippen LogP) is 1.31. The highest BCUT2D eigenvalue weighted by atomic mass is 16.5. The van der Waals surface area contributed by atoms with Gasteiger partial charge in [0.25, 0.3) is 0 Å². The van der Waals surface area contributed by atoms with Crippen molar-refractivity contribution in [2.24, 2.45) is 0 Å². The summed E-state index contributed by atoms with van der Waals surface area (Å²) in [5.74, 6) is 1.76. The van der Waals surface area contributed by atoms with Crippen LogP contribution in [0.5, 0.6) is 0 Å². The molecule has 0 aliphatic heterocycles. The standard InChI is InChI=1S/C13H24N4O2/c1-10(8-19-5)17(6-7-18-4)13-11(2)12(14-3)15-9-16-13/h9-10H,6-8H2,1-5H3,(H,14,15,16). The zero-order chi connectivity index (χ0) is 14.3. The second-order valence-electron chi connectivity index (χ2n) is 4.41. The molecule has 1 aromatic heterocycles. The van der Waals surface area contributed by atoms with Crippen LogP contribution in [0.4, 0.5) is 11.6 Å². The molecule has 19 heavy (non-hydrogen) atoms. The molecule has 0 aromatic carbocycles. The van der Waals surface area contributed by atoms with Crippen molar-refractivity contribution in [1.29, 1.82) is 0 Å². The molecular weight excluding hydrogens is 244 g/mol. The van der Waals surface area contributed by atoms with E-state index in [2.05, 4.69) is 27.1 Å². The summed E-state index contributed by atoms with van der Waals surface area (Å²) in [4.78, 5) is 10.8. The number of ether oxygens (including phenoxy) is 2. The van der Waals surface area contributed by atoms with Crippen LogP contribution in [0.3, 0.4) is 0 Å². The molecule has 0 bridgehead atoms. The summed E-state index contributed by atoms with van der Waals surface area (Å²) in [6.45, 7) is 6.18.